The van der Waals surface area contributed by atoms with Gasteiger partial charge in [0.05, 0.1) is 25.2 Å². The van der Waals surface area contributed by atoms with E-state index in [0.717, 1.165) is 0 Å². The molecule has 0 saturated carbocycles. The van der Waals surface area contributed by atoms with E-state index < -0.39 is 24.0 Å². The molecule has 0 aliphatic rings. The molecule has 0 atom stereocenters. The van der Waals surface area contributed by atoms with E-state index in [9.17, 15) is 4.79 Å². The molecule has 0 radical (unpaired) electrons. The Labute approximate surface area is 65.5 Å². The van der Waals surface area contributed by atoms with Crippen molar-refractivity contribution >= 4 is 5.97 Å². The Kier molecular flexibility index (Phi) is 2.26. The van der Waals surface area contributed by atoms with E-state index in [1.54, 1.807) is 0 Å². The van der Waals surface area contributed by atoms with Gasteiger partial charge < -0.3 is 22.0 Å². The molecule has 0 spiro atoms. The SMILES string of the molecule is [2H]C([2H])([2H])[N+](C)(C)CC(=O)O.[Cl-]. The van der Waals surface area contributed by atoms with Gasteiger partial charge in [0.15, 0.2) is 6.54 Å². The second-order valence-corrected chi connectivity index (χ2v) is 2.24. The van der Waals surface area contributed by atoms with E-state index in [2.05, 4.69) is 0 Å². The average Bonchev–Trinajstić information content (AvgIpc) is 1.56. The zero-order chi connectivity index (χ0) is 9.28. The lowest BCUT2D eigenvalue weighted by molar-refractivity contribution is -0.862. The lowest BCUT2D eigenvalue weighted by Gasteiger charge is -2.20. The van der Waals surface area contributed by atoms with Gasteiger partial charge in [-0.15, -0.1) is 0 Å². The van der Waals surface area contributed by atoms with Crippen LogP contribution in [0.1, 0.15) is 4.11 Å². The van der Waals surface area contributed by atoms with Crippen molar-refractivity contribution in [3.8, 4) is 0 Å². The highest BCUT2D eigenvalue weighted by Gasteiger charge is 2.11. The summed E-state index contributed by atoms with van der Waals surface area (Å²) in [5.74, 6) is -1.11. The number of carbonyl (C=O) groups is 1. The van der Waals surface area contributed by atoms with Crippen molar-refractivity contribution < 1.29 is 30.9 Å². The van der Waals surface area contributed by atoms with Crippen LogP contribution in [0.4, 0.5) is 0 Å². The molecule has 0 rings (SSSR count). The topological polar surface area (TPSA) is 37.3 Å². The standard InChI is InChI=1S/C5H11NO2.ClH/c1-6(2,3)4-5(7)8;/h4H2,1-3H3;1H/i1D3;. The maximum Gasteiger partial charge on any atom is 0.359 e. The monoisotopic (exact) mass is 156 g/mol. The summed E-state index contributed by atoms with van der Waals surface area (Å²) in [6.45, 7) is -2.66. The Morgan fingerprint density at radius 2 is 2.22 bits per heavy atom. The zero-order valence-electron chi connectivity index (χ0n) is 8.39. The van der Waals surface area contributed by atoms with Crippen LogP contribution in [0.15, 0.2) is 0 Å². The summed E-state index contributed by atoms with van der Waals surface area (Å²) in [5, 5.41) is 8.35. The number of rotatable bonds is 2. The van der Waals surface area contributed by atoms with E-state index in [4.69, 9.17) is 9.22 Å². The molecule has 0 heterocycles. The molecular weight excluding hydrogens is 142 g/mol. The van der Waals surface area contributed by atoms with Crippen LogP contribution < -0.4 is 12.4 Å². The molecule has 0 fully saturated rings. The molecule has 0 amide bonds. The highest BCUT2D eigenvalue weighted by Crippen LogP contribution is 1.86. The molecule has 1 N–H and O–H groups in total. The number of aliphatic carboxylic acids is 1. The van der Waals surface area contributed by atoms with Gasteiger partial charge in [0.2, 0.25) is 0 Å². The molecule has 0 aromatic carbocycles. The maximum absolute atomic E-state index is 10.2. The highest BCUT2D eigenvalue weighted by atomic mass is 35.5. The van der Waals surface area contributed by atoms with E-state index in [1.807, 2.05) is 0 Å². The lowest BCUT2D eigenvalue weighted by atomic mass is 10.5. The number of halogens is 1. The van der Waals surface area contributed by atoms with E-state index in [-0.39, 0.29) is 12.4 Å². The number of likely N-dealkylation sites (N-methyl/N-ethyl adjacent to an activating group) is 1. The third-order valence-corrected chi connectivity index (χ3v) is 0.531. The summed E-state index contributed by atoms with van der Waals surface area (Å²) in [7, 11) is 2.72. The first-order valence-corrected chi connectivity index (χ1v) is 2.22. The van der Waals surface area contributed by atoms with Crippen molar-refractivity contribution in [1.82, 2.24) is 0 Å². The fraction of sp³-hybridized carbons (Fsp3) is 0.800. The smallest absolute Gasteiger partial charge is 0.359 e. The normalized spacial score (nSPS) is 16.4. The van der Waals surface area contributed by atoms with Crippen LogP contribution in [0.5, 0.6) is 0 Å². The molecule has 3 nitrogen and oxygen atoms in total. The predicted molar refractivity (Wildman–Crippen MR) is 30.5 cm³/mol. The van der Waals surface area contributed by atoms with Crippen molar-refractivity contribution in [3.05, 3.63) is 0 Å². The molecular formula is C5H12ClNO2. The van der Waals surface area contributed by atoms with Crippen molar-refractivity contribution in [3.63, 3.8) is 0 Å². The number of nitrogens with zero attached hydrogens (tertiary/aromatic N) is 1. The van der Waals surface area contributed by atoms with Gasteiger partial charge in [-0.2, -0.15) is 0 Å². The van der Waals surface area contributed by atoms with Gasteiger partial charge in [0.1, 0.15) is 0 Å². The van der Waals surface area contributed by atoms with Crippen molar-refractivity contribution in [2.45, 2.75) is 0 Å². The van der Waals surface area contributed by atoms with E-state index in [0.29, 0.717) is 0 Å². The van der Waals surface area contributed by atoms with Crippen molar-refractivity contribution in [2.24, 2.45) is 0 Å². The molecule has 56 valence electrons. The molecule has 0 bridgehead atoms. The molecule has 9 heavy (non-hydrogen) atoms. The van der Waals surface area contributed by atoms with Gasteiger partial charge in [0.25, 0.3) is 0 Å². The zero-order valence-corrected chi connectivity index (χ0v) is 6.14. The van der Waals surface area contributed by atoms with Gasteiger partial charge in [-0.1, -0.05) is 0 Å². The summed E-state index contributed by atoms with van der Waals surface area (Å²) in [4.78, 5) is 10.2. The van der Waals surface area contributed by atoms with Crippen LogP contribution in [0.3, 0.4) is 0 Å². The second-order valence-electron chi connectivity index (χ2n) is 2.24. The van der Waals surface area contributed by atoms with Crippen LogP contribution in [0, 0.1) is 0 Å². The van der Waals surface area contributed by atoms with Crippen molar-refractivity contribution in [2.75, 3.05) is 27.6 Å². The molecule has 0 unspecified atom stereocenters. The minimum absolute atomic E-state index is 0. The minimum Gasteiger partial charge on any atom is -1.00 e. The van der Waals surface area contributed by atoms with Gasteiger partial charge in [-0.25, -0.2) is 4.79 Å². The summed E-state index contributed by atoms with van der Waals surface area (Å²) in [6, 6.07) is 0. The van der Waals surface area contributed by atoms with Gasteiger partial charge in [-0.3, -0.25) is 0 Å². The molecule has 0 aliphatic carbocycles. The number of quaternary nitrogens is 1. The fourth-order valence-corrected chi connectivity index (χ4v) is 0.338. The summed E-state index contributed by atoms with van der Waals surface area (Å²) in [5.41, 5.74) is 0. The first-order valence-electron chi connectivity index (χ1n) is 3.72. The number of carboxylic acid groups (broad SMARTS) is 1. The predicted octanol–water partition coefficient (Wildman–Crippen LogP) is -3.22. The largest absolute Gasteiger partial charge is 1.00 e. The lowest BCUT2D eigenvalue weighted by Crippen LogP contribution is -3.00. The maximum atomic E-state index is 10.2. The number of carboxylic acids is 1. The number of hydrogen-bond acceptors (Lipinski definition) is 1. The highest BCUT2D eigenvalue weighted by molar-refractivity contribution is 5.67. The fourth-order valence-electron chi connectivity index (χ4n) is 0.338. The Morgan fingerprint density at radius 3 is 2.33 bits per heavy atom. The Bertz CT molecular complexity index is 169. The molecule has 0 aromatic heterocycles. The number of hydrogen-bond donors (Lipinski definition) is 1. The third kappa shape index (κ3) is 11.3. The Balaban J connectivity index is 0. The first kappa shape index (κ1) is 5.50. The summed E-state index contributed by atoms with van der Waals surface area (Å²) < 4.78 is 20.4. The molecule has 0 saturated heterocycles. The molecule has 0 aromatic rings. The quantitative estimate of drug-likeness (QED) is 0.428. The van der Waals surface area contributed by atoms with E-state index in [1.165, 1.54) is 14.1 Å². The van der Waals surface area contributed by atoms with Gasteiger partial charge >= 0.3 is 5.97 Å². The Morgan fingerprint density at radius 1 is 1.78 bits per heavy atom. The van der Waals surface area contributed by atoms with Crippen molar-refractivity contribution in [1.29, 1.82) is 0 Å². The third-order valence-electron chi connectivity index (χ3n) is 0.531. The van der Waals surface area contributed by atoms with Crippen LogP contribution >= 0.6 is 0 Å². The van der Waals surface area contributed by atoms with Crippen LogP contribution in [-0.4, -0.2) is 43.2 Å². The summed E-state index contributed by atoms with van der Waals surface area (Å²) >= 11 is 0. The van der Waals surface area contributed by atoms with Gasteiger partial charge in [0, 0.05) is 0 Å². The molecule has 4 heteroatoms. The van der Waals surface area contributed by atoms with Crippen LogP contribution in [0.25, 0.3) is 0 Å². The van der Waals surface area contributed by atoms with Crippen LogP contribution in [-0.2, 0) is 4.79 Å². The van der Waals surface area contributed by atoms with Gasteiger partial charge in [-0.05, 0) is 0 Å². The summed E-state index contributed by atoms with van der Waals surface area (Å²) in [6.07, 6.45) is 0. The minimum atomic E-state index is -2.27. The van der Waals surface area contributed by atoms with E-state index >= 15 is 0 Å². The first-order chi connectivity index (χ1) is 4.67. The molecule has 0 aliphatic heterocycles. The Hall–Kier alpha value is -0.280. The van der Waals surface area contributed by atoms with Crippen LogP contribution in [0.2, 0.25) is 0 Å². The second kappa shape index (κ2) is 3.69. The average molecular weight is 157 g/mol.